The van der Waals surface area contributed by atoms with Crippen LogP contribution in [0.2, 0.25) is 0 Å². The lowest BCUT2D eigenvalue weighted by Crippen LogP contribution is -2.30. The summed E-state index contributed by atoms with van der Waals surface area (Å²) in [6.45, 7) is 4.50. The molecule has 0 aromatic heterocycles. The van der Waals surface area contributed by atoms with E-state index in [4.69, 9.17) is 0 Å². The second-order valence-electron chi connectivity index (χ2n) is 5.83. The molecule has 2 rings (SSSR count). The summed E-state index contributed by atoms with van der Waals surface area (Å²) < 4.78 is 0. The molecular weight excluding hydrogens is 256 g/mol. The van der Waals surface area contributed by atoms with Gasteiger partial charge in [0.1, 0.15) is 0 Å². The van der Waals surface area contributed by atoms with Crippen LogP contribution in [-0.2, 0) is 6.42 Å². The van der Waals surface area contributed by atoms with Crippen LogP contribution in [-0.4, -0.2) is 40.2 Å². The summed E-state index contributed by atoms with van der Waals surface area (Å²) in [5.41, 5.74) is 0.427. The molecule has 1 aromatic rings. The predicted octanol–water partition coefficient (Wildman–Crippen LogP) is 2.37. The molecule has 1 N–H and O–H groups in total. The zero-order valence-corrected chi connectivity index (χ0v) is 11.9. The molecule has 1 unspecified atom stereocenters. The van der Waals surface area contributed by atoms with Crippen LogP contribution in [0, 0.1) is 10.1 Å². The number of aliphatic hydroxyl groups is 1. The largest absolute Gasteiger partial charge is 0.390 e. The zero-order valence-electron chi connectivity index (χ0n) is 11.9. The zero-order chi connectivity index (χ0) is 14.6. The summed E-state index contributed by atoms with van der Waals surface area (Å²) in [5, 5.41) is 21.0. The van der Waals surface area contributed by atoms with Gasteiger partial charge in [0.05, 0.1) is 10.5 Å². The second-order valence-corrected chi connectivity index (χ2v) is 5.83. The first-order valence-electron chi connectivity index (χ1n) is 7.15. The number of hydrogen-bond donors (Lipinski definition) is 1. The third-order valence-electron chi connectivity index (χ3n) is 4.04. The minimum absolute atomic E-state index is 0.203. The van der Waals surface area contributed by atoms with Gasteiger partial charge in [-0.2, -0.15) is 0 Å². The maximum absolute atomic E-state index is 11.0. The van der Waals surface area contributed by atoms with E-state index >= 15 is 0 Å². The number of nitro groups is 1. The lowest BCUT2D eigenvalue weighted by molar-refractivity contribution is -0.385. The molecule has 1 atom stereocenters. The molecule has 1 aliphatic heterocycles. The first-order chi connectivity index (χ1) is 9.48. The molecule has 1 fully saturated rings. The van der Waals surface area contributed by atoms with Crippen LogP contribution >= 0.6 is 0 Å². The Bertz CT molecular complexity index is 474. The van der Waals surface area contributed by atoms with Gasteiger partial charge in [0.25, 0.3) is 5.69 Å². The summed E-state index contributed by atoms with van der Waals surface area (Å²) in [4.78, 5) is 12.9. The number of rotatable bonds is 4. The summed E-state index contributed by atoms with van der Waals surface area (Å²) in [6.07, 6.45) is 3.25. The Hall–Kier alpha value is -1.46. The number of nitrogens with zero attached hydrogens (tertiary/aromatic N) is 2. The highest BCUT2D eigenvalue weighted by atomic mass is 16.6. The van der Waals surface area contributed by atoms with Crippen LogP contribution < -0.4 is 0 Å². The number of likely N-dealkylation sites (tertiary alicyclic amines) is 1. The van der Waals surface area contributed by atoms with Gasteiger partial charge in [-0.05, 0) is 39.2 Å². The Kier molecular flexibility index (Phi) is 4.73. The van der Waals surface area contributed by atoms with Gasteiger partial charge in [-0.15, -0.1) is 0 Å². The number of benzene rings is 1. The van der Waals surface area contributed by atoms with E-state index in [1.54, 1.807) is 12.1 Å². The van der Waals surface area contributed by atoms with Gasteiger partial charge in [-0.25, -0.2) is 0 Å². The van der Waals surface area contributed by atoms with Gasteiger partial charge in [0.2, 0.25) is 0 Å². The van der Waals surface area contributed by atoms with Crippen molar-refractivity contribution in [2.24, 2.45) is 0 Å². The predicted molar refractivity (Wildman–Crippen MR) is 77.7 cm³/mol. The van der Waals surface area contributed by atoms with E-state index in [2.05, 4.69) is 4.90 Å². The molecule has 0 bridgehead atoms. The molecule has 110 valence electrons. The van der Waals surface area contributed by atoms with Crippen molar-refractivity contribution < 1.29 is 10.0 Å². The minimum Gasteiger partial charge on any atom is -0.390 e. The maximum Gasteiger partial charge on any atom is 0.272 e. The molecule has 0 amide bonds. The quantitative estimate of drug-likeness (QED) is 0.678. The van der Waals surface area contributed by atoms with Gasteiger partial charge in [0.15, 0.2) is 0 Å². The smallest absolute Gasteiger partial charge is 0.272 e. The number of nitro benzene ring substituents is 1. The number of para-hydroxylation sites is 1. The van der Waals surface area contributed by atoms with Gasteiger partial charge < -0.3 is 10.0 Å². The molecular formula is C15H22N2O3. The Morgan fingerprint density at radius 2 is 2.10 bits per heavy atom. The third-order valence-corrected chi connectivity index (χ3v) is 4.04. The maximum atomic E-state index is 11.0. The molecule has 1 heterocycles. The molecule has 5 nitrogen and oxygen atoms in total. The van der Waals surface area contributed by atoms with Crippen molar-refractivity contribution in [2.75, 3.05) is 19.6 Å². The van der Waals surface area contributed by atoms with E-state index < -0.39 is 5.60 Å². The SMILES string of the molecule is CC1(O)CCCN(CCc2ccccc2[N+](=O)[O-])CC1. The molecule has 0 aliphatic carbocycles. The highest BCUT2D eigenvalue weighted by molar-refractivity contribution is 5.39. The van der Waals surface area contributed by atoms with E-state index in [1.165, 1.54) is 0 Å². The van der Waals surface area contributed by atoms with Crippen LogP contribution in [0.15, 0.2) is 24.3 Å². The van der Waals surface area contributed by atoms with Gasteiger partial charge in [0, 0.05) is 24.7 Å². The normalized spacial score (nSPS) is 24.3. The third kappa shape index (κ3) is 4.02. The molecule has 1 saturated heterocycles. The van der Waals surface area contributed by atoms with E-state index in [-0.39, 0.29) is 10.6 Å². The first kappa shape index (κ1) is 14.9. The van der Waals surface area contributed by atoms with E-state index in [0.29, 0.717) is 6.42 Å². The van der Waals surface area contributed by atoms with Crippen molar-refractivity contribution in [1.82, 2.24) is 4.90 Å². The van der Waals surface area contributed by atoms with Crippen molar-refractivity contribution in [3.63, 3.8) is 0 Å². The lowest BCUT2D eigenvalue weighted by Gasteiger charge is -2.22. The standard InChI is InChI=1S/C15H22N2O3/c1-15(18)8-4-10-16(12-9-15)11-7-13-5-2-3-6-14(13)17(19)20/h2-3,5-6,18H,4,7-12H2,1H3. The van der Waals surface area contributed by atoms with E-state index in [1.807, 2.05) is 19.1 Å². The average molecular weight is 278 g/mol. The Labute approximate surface area is 119 Å². The molecule has 1 aromatic carbocycles. The average Bonchev–Trinajstić information content (AvgIpc) is 2.57. The van der Waals surface area contributed by atoms with Gasteiger partial charge in [-0.3, -0.25) is 10.1 Å². The molecule has 0 saturated carbocycles. The van der Waals surface area contributed by atoms with Crippen LogP contribution in [0.1, 0.15) is 31.7 Å². The highest BCUT2D eigenvalue weighted by Crippen LogP contribution is 2.22. The lowest BCUT2D eigenvalue weighted by atomic mass is 9.98. The minimum atomic E-state index is -0.562. The molecule has 1 aliphatic rings. The topological polar surface area (TPSA) is 66.6 Å². The summed E-state index contributed by atoms with van der Waals surface area (Å²) in [7, 11) is 0. The fourth-order valence-electron chi connectivity index (χ4n) is 2.72. The van der Waals surface area contributed by atoms with Crippen LogP contribution in [0.25, 0.3) is 0 Å². The summed E-state index contributed by atoms with van der Waals surface area (Å²) in [5.74, 6) is 0. The van der Waals surface area contributed by atoms with Crippen molar-refractivity contribution in [2.45, 2.75) is 38.2 Å². The first-order valence-corrected chi connectivity index (χ1v) is 7.15. The van der Waals surface area contributed by atoms with Crippen LogP contribution in [0.4, 0.5) is 5.69 Å². The van der Waals surface area contributed by atoms with Gasteiger partial charge in [-0.1, -0.05) is 18.2 Å². The molecule has 5 heteroatoms. The Balaban J connectivity index is 1.94. The fourth-order valence-corrected chi connectivity index (χ4v) is 2.72. The summed E-state index contributed by atoms with van der Waals surface area (Å²) >= 11 is 0. The van der Waals surface area contributed by atoms with Crippen molar-refractivity contribution >= 4 is 5.69 Å². The Morgan fingerprint density at radius 1 is 1.35 bits per heavy atom. The van der Waals surface area contributed by atoms with Crippen LogP contribution in [0.5, 0.6) is 0 Å². The molecule has 0 radical (unpaired) electrons. The van der Waals surface area contributed by atoms with Gasteiger partial charge >= 0.3 is 0 Å². The molecule has 20 heavy (non-hydrogen) atoms. The summed E-state index contributed by atoms with van der Waals surface area (Å²) in [6, 6.07) is 6.93. The van der Waals surface area contributed by atoms with Crippen molar-refractivity contribution in [3.05, 3.63) is 39.9 Å². The monoisotopic (exact) mass is 278 g/mol. The highest BCUT2D eigenvalue weighted by Gasteiger charge is 2.25. The molecule has 0 spiro atoms. The van der Waals surface area contributed by atoms with E-state index in [0.717, 1.165) is 44.5 Å². The Morgan fingerprint density at radius 3 is 2.85 bits per heavy atom. The van der Waals surface area contributed by atoms with E-state index in [9.17, 15) is 15.2 Å². The second kappa shape index (κ2) is 6.33. The number of hydrogen-bond acceptors (Lipinski definition) is 4. The van der Waals surface area contributed by atoms with Crippen molar-refractivity contribution in [1.29, 1.82) is 0 Å². The van der Waals surface area contributed by atoms with Crippen molar-refractivity contribution in [3.8, 4) is 0 Å². The fraction of sp³-hybridized carbons (Fsp3) is 0.600. The van der Waals surface area contributed by atoms with Crippen LogP contribution in [0.3, 0.4) is 0 Å².